The summed E-state index contributed by atoms with van der Waals surface area (Å²) in [5, 5.41) is 11.4. The molecule has 2 aromatic heterocycles. The van der Waals surface area contributed by atoms with Crippen molar-refractivity contribution in [3.05, 3.63) is 46.7 Å². The van der Waals surface area contributed by atoms with E-state index in [0.29, 0.717) is 11.0 Å². The van der Waals surface area contributed by atoms with Crippen LogP contribution in [0, 0.1) is 10.1 Å². The maximum Gasteiger partial charge on any atom is 0.496 e. The second-order valence-electron chi connectivity index (χ2n) is 6.97. The first kappa shape index (κ1) is 18.2. The summed E-state index contributed by atoms with van der Waals surface area (Å²) in [7, 11) is -0.734. The zero-order valence-electron chi connectivity index (χ0n) is 15.0. The van der Waals surface area contributed by atoms with Gasteiger partial charge in [0.2, 0.25) is 0 Å². The minimum absolute atomic E-state index is 0.0739. The average molecular weight is 358 g/mol. The number of hydrogen-bond acceptors (Lipinski definition) is 8. The van der Waals surface area contributed by atoms with E-state index < -0.39 is 23.2 Å². The van der Waals surface area contributed by atoms with Crippen LogP contribution in [0.15, 0.2) is 31.0 Å². The molecule has 9 nitrogen and oxygen atoms in total. The minimum Gasteiger partial charge on any atom is -0.468 e. The molecule has 0 amide bonds. The van der Waals surface area contributed by atoms with E-state index >= 15 is 0 Å². The lowest BCUT2D eigenvalue weighted by molar-refractivity contribution is -0.386. The van der Waals surface area contributed by atoms with Crippen LogP contribution in [0.5, 0.6) is 5.88 Å². The smallest absolute Gasteiger partial charge is 0.468 e. The van der Waals surface area contributed by atoms with Crippen LogP contribution < -0.4 is 10.2 Å². The fourth-order valence-electron chi connectivity index (χ4n) is 2.36. The van der Waals surface area contributed by atoms with Gasteiger partial charge in [0.25, 0.3) is 5.88 Å². The molecule has 0 radical (unpaired) electrons. The zero-order valence-corrected chi connectivity index (χ0v) is 15.0. The maximum absolute atomic E-state index is 11.4. The van der Waals surface area contributed by atoms with Crippen molar-refractivity contribution in [1.82, 2.24) is 15.0 Å². The van der Waals surface area contributed by atoms with Gasteiger partial charge in [0.1, 0.15) is 12.9 Å². The van der Waals surface area contributed by atoms with Crippen molar-refractivity contribution < 1.29 is 19.0 Å². The number of nitrogens with zero attached hydrogens (tertiary/aromatic N) is 4. The summed E-state index contributed by atoms with van der Waals surface area (Å²) in [5.41, 5.74) is -0.206. The number of ether oxygens (including phenoxy) is 1. The highest BCUT2D eigenvalue weighted by Crippen LogP contribution is 2.37. The summed E-state index contributed by atoms with van der Waals surface area (Å²) in [4.78, 5) is 22.7. The number of rotatable bonds is 5. The standard InChI is InChI=1S/C16H19BN4O5/c1-15(2)16(3,4)26-17(25-15)12-5-13(21(22)23)14(20-8-12)24-9-11-6-18-10-19-7-11/h5-8,10H,9H2,1-4H3. The summed E-state index contributed by atoms with van der Waals surface area (Å²) in [6.07, 6.45) is 5.99. The molecule has 0 atom stereocenters. The van der Waals surface area contributed by atoms with E-state index in [1.165, 1.54) is 18.6 Å². The molecule has 0 N–H and O–H groups in total. The molecule has 0 unspecified atom stereocenters. The molecule has 1 aliphatic rings. The molecule has 0 spiro atoms. The van der Waals surface area contributed by atoms with E-state index in [-0.39, 0.29) is 18.2 Å². The highest BCUT2D eigenvalue weighted by atomic mass is 16.7. The molecule has 0 aromatic carbocycles. The zero-order chi connectivity index (χ0) is 18.9. The van der Waals surface area contributed by atoms with Crippen LogP contribution in [0.25, 0.3) is 0 Å². The Morgan fingerprint density at radius 1 is 1.15 bits per heavy atom. The van der Waals surface area contributed by atoms with Crippen LogP contribution in [-0.2, 0) is 15.9 Å². The normalized spacial score (nSPS) is 17.9. The highest BCUT2D eigenvalue weighted by molar-refractivity contribution is 6.62. The molecular formula is C16H19BN4O5. The van der Waals surface area contributed by atoms with Crippen LogP contribution in [-0.4, -0.2) is 38.2 Å². The molecule has 136 valence electrons. The largest absolute Gasteiger partial charge is 0.496 e. The van der Waals surface area contributed by atoms with Crippen molar-refractivity contribution in [2.75, 3.05) is 0 Å². The molecular weight excluding hydrogens is 339 g/mol. The SMILES string of the molecule is CC1(C)OB(c2cnc(OCc3cncnc3)c([N+](=O)[O-])c2)OC1(C)C. The van der Waals surface area contributed by atoms with E-state index in [4.69, 9.17) is 14.0 Å². The minimum atomic E-state index is -0.734. The average Bonchev–Trinajstić information content (AvgIpc) is 2.81. The van der Waals surface area contributed by atoms with Gasteiger partial charge in [-0.3, -0.25) is 10.1 Å². The molecule has 0 aliphatic carbocycles. The Labute approximate surface area is 151 Å². The highest BCUT2D eigenvalue weighted by Gasteiger charge is 2.52. The summed E-state index contributed by atoms with van der Waals surface area (Å²) in [6.45, 7) is 7.72. The molecule has 2 aromatic rings. The van der Waals surface area contributed by atoms with Gasteiger partial charge in [-0.05, 0) is 27.7 Å². The van der Waals surface area contributed by atoms with Gasteiger partial charge < -0.3 is 14.0 Å². The molecule has 3 rings (SSSR count). The topological polar surface area (TPSA) is 110 Å². The van der Waals surface area contributed by atoms with Gasteiger partial charge in [0, 0.05) is 35.7 Å². The first-order valence-corrected chi connectivity index (χ1v) is 8.06. The van der Waals surface area contributed by atoms with Crippen LogP contribution in [0.2, 0.25) is 0 Å². The lowest BCUT2D eigenvalue weighted by Crippen LogP contribution is -2.41. The predicted octanol–water partition coefficient (Wildman–Crippen LogP) is 1.66. The Balaban J connectivity index is 1.82. The van der Waals surface area contributed by atoms with E-state index in [1.54, 1.807) is 12.4 Å². The Morgan fingerprint density at radius 3 is 2.35 bits per heavy atom. The molecule has 26 heavy (non-hydrogen) atoms. The van der Waals surface area contributed by atoms with Crippen molar-refractivity contribution in [2.45, 2.75) is 45.5 Å². The summed E-state index contributed by atoms with van der Waals surface area (Å²) >= 11 is 0. The molecule has 0 bridgehead atoms. The van der Waals surface area contributed by atoms with E-state index in [1.807, 2.05) is 27.7 Å². The van der Waals surface area contributed by atoms with Crippen LogP contribution in [0.3, 0.4) is 0 Å². The van der Waals surface area contributed by atoms with Crippen molar-refractivity contribution in [2.24, 2.45) is 0 Å². The summed E-state index contributed by atoms with van der Waals surface area (Å²) in [6, 6.07) is 1.37. The molecule has 0 saturated carbocycles. The van der Waals surface area contributed by atoms with Crippen molar-refractivity contribution in [3.63, 3.8) is 0 Å². The van der Waals surface area contributed by atoms with E-state index in [2.05, 4.69) is 15.0 Å². The number of pyridine rings is 1. The Hall–Kier alpha value is -2.59. The first-order chi connectivity index (χ1) is 12.2. The molecule has 1 aliphatic heterocycles. The van der Waals surface area contributed by atoms with E-state index in [0.717, 1.165) is 0 Å². The van der Waals surface area contributed by atoms with E-state index in [9.17, 15) is 10.1 Å². The Morgan fingerprint density at radius 2 is 1.77 bits per heavy atom. The first-order valence-electron chi connectivity index (χ1n) is 8.06. The Bertz CT molecular complexity index is 800. The summed E-state index contributed by atoms with van der Waals surface area (Å²) in [5.74, 6) is -0.0841. The number of nitro groups is 1. The lowest BCUT2D eigenvalue weighted by Gasteiger charge is -2.32. The van der Waals surface area contributed by atoms with Crippen molar-refractivity contribution in [1.29, 1.82) is 0 Å². The van der Waals surface area contributed by atoms with Crippen LogP contribution >= 0.6 is 0 Å². The van der Waals surface area contributed by atoms with Gasteiger partial charge in [0.15, 0.2) is 0 Å². The van der Waals surface area contributed by atoms with Gasteiger partial charge in [-0.1, -0.05) is 0 Å². The predicted molar refractivity (Wildman–Crippen MR) is 93.0 cm³/mol. The third-order valence-electron chi connectivity index (χ3n) is 4.57. The molecule has 10 heteroatoms. The van der Waals surface area contributed by atoms with Gasteiger partial charge in [-0.15, -0.1) is 0 Å². The van der Waals surface area contributed by atoms with Crippen LogP contribution in [0.1, 0.15) is 33.3 Å². The maximum atomic E-state index is 11.4. The molecule has 1 saturated heterocycles. The quantitative estimate of drug-likeness (QED) is 0.451. The van der Waals surface area contributed by atoms with Gasteiger partial charge in [-0.2, -0.15) is 0 Å². The fraction of sp³-hybridized carbons (Fsp3) is 0.438. The fourth-order valence-corrected chi connectivity index (χ4v) is 2.36. The summed E-state index contributed by atoms with van der Waals surface area (Å²) < 4.78 is 17.3. The molecule has 1 fully saturated rings. The Kier molecular flexibility index (Phi) is 4.64. The lowest BCUT2D eigenvalue weighted by atomic mass is 9.80. The van der Waals surface area contributed by atoms with Crippen molar-refractivity contribution >= 4 is 18.3 Å². The number of hydrogen-bond donors (Lipinski definition) is 0. The monoisotopic (exact) mass is 358 g/mol. The second kappa shape index (κ2) is 6.62. The third kappa shape index (κ3) is 3.51. The number of aromatic nitrogens is 3. The van der Waals surface area contributed by atoms with Gasteiger partial charge >= 0.3 is 12.8 Å². The molecule has 3 heterocycles. The van der Waals surface area contributed by atoms with Gasteiger partial charge in [-0.25, -0.2) is 15.0 Å². The second-order valence-corrected chi connectivity index (χ2v) is 6.97. The van der Waals surface area contributed by atoms with Crippen LogP contribution in [0.4, 0.5) is 5.69 Å². The van der Waals surface area contributed by atoms with Crippen molar-refractivity contribution in [3.8, 4) is 5.88 Å². The van der Waals surface area contributed by atoms with Gasteiger partial charge in [0.05, 0.1) is 16.1 Å². The third-order valence-corrected chi connectivity index (χ3v) is 4.57.